The summed E-state index contributed by atoms with van der Waals surface area (Å²) >= 11 is 0. The minimum Gasteiger partial charge on any atom is -0.414 e. The molecular formula is C16H32O2Si. The highest BCUT2D eigenvalue weighted by molar-refractivity contribution is 6.74. The lowest BCUT2D eigenvalue weighted by molar-refractivity contribution is -0.124. The predicted molar refractivity (Wildman–Crippen MR) is 83.9 cm³/mol. The molecule has 0 saturated heterocycles. The van der Waals surface area contributed by atoms with E-state index in [0.717, 1.165) is 32.1 Å². The third kappa shape index (κ3) is 5.03. The summed E-state index contributed by atoms with van der Waals surface area (Å²) in [4.78, 5) is 11.8. The average molecular weight is 285 g/mol. The third-order valence-electron chi connectivity index (χ3n) is 4.90. The van der Waals surface area contributed by atoms with Crippen molar-refractivity contribution in [3.8, 4) is 0 Å². The Labute approximate surface area is 120 Å². The van der Waals surface area contributed by atoms with Crippen molar-refractivity contribution < 1.29 is 9.22 Å². The molecule has 0 spiro atoms. The summed E-state index contributed by atoms with van der Waals surface area (Å²) in [5.41, 5.74) is 0. The Kier molecular flexibility index (Phi) is 5.81. The Morgan fingerprint density at radius 3 is 2.47 bits per heavy atom. The second kappa shape index (κ2) is 6.53. The van der Waals surface area contributed by atoms with Crippen LogP contribution >= 0.6 is 0 Å². The summed E-state index contributed by atoms with van der Waals surface area (Å²) in [5, 5.41) is 0.266. The third-order valence-corrected chi connectivity index (χ3v) is 9.51. The zero-order valence-electron chi connectivity index (χ0n) is 13.7. The fourth-order valence-corrected chi connectivity index (χ4v) is 4.01. The van der Waals surface area contributed by atoms with Crippen LogP contribution in [0.25, 0.3) is 0 Å². The van der Waals surface area contributed by atoms with Crippen molar-refractivity contribution in [3.63, 3.8) is 0 Å². The van der Waals surface area contributed by atoms with Crippen molar-refractivity contribution in [2.75, 3.05) is 0 Å². The maximum absolute atomic E-state index is 11.8. The quantitative estimate of drug-likeness (QED) is 0.669. The Morgan fingerprint density at radius 2 is 1.95 bits per heavy atom. The Bertz CT molecular complexity index is 304. The molecule has 2 nitrogen and oxygen atoms in total. The summed E-state index contributed by atoms with van der Waals surface area (Å²) < 4.78 is 6.36. The van der Waals surface area contributed by atoms with Gasteiger partial charge in [-0.3, -0.25) is 4.79 Å². The van der Waals surface area contributed by atoms with Crippen LogP contribution in [0, 0.1) is 5.92 Å². The molecule has 0 aromatic heterocycles. The van der Waals surface area contributed by atoms with E-state index in [1.54, 1.807) is 0 Å². The van der Waals surface area contributed by atoms with E-state index in [0.29, 0.717) is 11.7 Å². The fourth-order valence-electron chi connectivity index (χ4n) is 2.53. The normalized spacial score (nSPS) is 23.5. The van der Waals surface area contributed by atoms with Crippen LogP contribution < -0.4 is 0 Å². The van der Waals surface area contributed by atoms with Gasteiger partial charge < -0.3 is 4.43 Å². The molecule has 0 aromatic carbocycles. The van der Waals surface area contributed by atoms with Crippen LogP contribution in [0.1, 0.15) is 66.2 Å². The van der Waals surface area contributed by atoms with Crippen LogP contribution in [-0.4, -0.2) is 20.2 Å². The average Bonchev–Trinajstić information content (AvgIpc) is 2.26. The highest BCUT2D eigenvalue weighted by Crippen LogP contribution is 2.38. The predicted octanol–water partition coefficient (Wildman–Crippen LogP) is 4.94. The molecule has 0 radical (unpaired) electrons. The number of carbonyl (C=O) groups is 1. The number of carbonyl (C=O) groups excluding carboxylic acids is 1. The second-order valence-corrected chi connectivity index (χ2v) is 12.4. The summed E-state index contributed by atoms with van der Waals surface area (Å²) in [6.07, 6.45) is 6.58. The van der Waals surface area contributed by atoms with E-state index in [1.807, 2.05) is 0 Å². The molecule has 1 aliphatic carbocycles. The minimum absolute atomic E-state index is 0.266. The molecule has 3 heteroatoms. The molecule has 1 unspecified atom stereocenters. The summed E-state index contributed by atoms with van der Waals surface area (Å²) in [6, 6.07) is 0. The largest absolute Gasteiger partial charge is 0.414 e. The Balaban J connectivity index is 2.39. The van der Waals surface area contributed by atoms with Gasteiger partial charge in [-0.25, -0.2) is 0 Å². The molecule has 0 aliphatic heterocycles. The van der Waals surface area contributed by atoms with Gasteiger partial charge in [-0.15, -0.1) is 0 Å². The summed E-state index contributed by atoms with van der Waals surface area (Å²) in [5.74, 6) is 0.810. The van der Waals surface area contributed by atoms with E-state index in [4.69, 9.17) is 4.43 Å². The number of rotatable bonds is 5. The monoisotopic (exact) mass is 284 g/mol. The lowest BCUT2D eigenvalue weighted by atomic mass is 9.84. The molecule has 1 fully saturated rings. The van der Waals surface area contributed by atoms with Crippen molar-refractivity contribution in [2.45, 2.75) is 90.5 Å². The molecule has 19 heavy (non-hydrogen) atoms. The highest BCUT2D eigenvalue weighted by atomic mass is 28.4. The van der Waals surface area contributed by atoms with Crippen LogP contribution in [0.4, 0.5) is 0 Å². The summed E-state index contributed by atoms with van der Waals surface area (Å²) in [7, 11) is -1.66. The van der Waals surface area contributed by atoms with Gasteiger partial charge in [0.05, 0.1) is 0 Å². The van der Waals surface area contributed by atoms with Gasteiger partial charge in [0.15, 0.2) is 8.32 Å². The zero-order valence-corrected chi connectivity index (χ0v) is 14.7. The molecule has 2 atom stereocenters. The van der Waals surface area contributed by atoms with Crippen molar-refractivity contribution in [2.24, 2.45) is 5.92 Å². The first-order chi connectivity index (χ1) is 8.63. The molecule has 112 valence electrons. The first-order valence-corrected chi connectivity index (χ1v) is 10.7. The SMILES string of the molecule is C[C@H](CCC1CCCCC1=O)O[Si](C)(C)C(C)(C)C. The molecule has 0 N–H and O–H groups in total. The van der Waals surface area contributed by atoms with Crippen molar-refractivity contribution in [3.05, 3.63) is 0 Å². The molecule has 0 amide bonds. The Hall–Kier alpha value is -0.153. The number of ketones is 1. The van der Waals surface area contributed by atoms with E-state index >= 15 is 0 Å². The number of hydrogen-bond acceptors (Lipinski definition) is 2. The van der Waals surface area contributed by atoms with Gasteiger partial charge in [-0.1, -0.05) is 27.2 Å². The van der Waals surface area contributed by atoms with Crippen LogP contribution in [0.3, 0.4) is 0 Å². The van der Waals surface area contributed by atoms with Gasteiger partial charge in [-0.2, -0.15) is 0 Å². The van der Waals surface area contributed by atoms with Crippen molar-refractivity contribution in [1.82, 2.24) is 0 Å². The number of hydrogen-bond donors (Lipinski definition) is 0. The molecular weight excluding hydrogens is 252 g/mol. The van der Waals surface area contributed by atoms with Gasteiger partial charge in [0.2, 0.25) is 0 Å². The molecule has 0 heterocycles. The van der Waals surface area contributed by atoms with Crippen molar-refractivity contribution in [1.29, 1.82) is 0 Å². The van der Waals surface area contributed by atoms with Gasteiger partial charge >= 0.3 is 0 Å². The van der Waals surface area contributed by atoms with Crippen LogP contribution in [0.2, 0.25) is 18.1 Å². The molecule has 1 aliphatic rings. The lowest BCUT2D eigenvalue weighted by Gasteiger charge is -2.38. The fraction of sp³-hybridized carbons (Fsp3) is 0.938. The van der Waals surface area contributed by atoms with Gasteiger partial charge in [0.25, 0.3) is 0 Å². The molecule has 0 aromatic rings. The van der Waals surface area contributed by atoms with E-state index in [-0.39, 0.29) is 11.1 Å². The first-order valence-electron chi connectivity index (χ1n) is 7.84. The smallest absolute Gasteiger partial charge is 0.192 e. The van der Waals surface area contributed by atoms with Crippen LogP contribution in [0.5, 0.6) is 0 Å². The summed E-state index contributed by atoms with van der Waals surface area (Å²) in [6.45, 7) is 13.6. The maximum Gasteiger partial charge on any atom is 0.192 e. The highest BCUT2D eigenvalue weighted by Gasteiger charge is 2.38. The minimum atomic E-state index is -1.66. The van der Waals surface area contributed by atoms with Gasteiger partial charge in [0.1, 0.15) is 5.78 Å². The molecule has 1 rings (SSSR count). The molecule has 0 bridgehead atoms. The van der Waals surface area contributed by atoms with Crippen LogP contribution in [-0.2, 0) is 9.22 Å². The number of Topliss-reactive ketones (excluding diaryl/α,β-unsaturated/α-hetero) is 1. The standard InChI is InChI=1S/C16H32O2Si/c1-13(18-19(5,6)16(2,3)4)11-12-14-9-7-8-10-15(14)17/h13-14H,7-12H2,1-6H3/t13-,14?/m1/s1. The maximum atomic E-state index is 11.8. The van der Waals surface area contributed by atoms with E-state index in [2.05, 4.69) is 40.8 Å². The topological polar surface area (TPSA) is 26.3 Å². The van der Waals surface area contributed by atoms with Crippen LogP contribution in [0.15, 0.2) is 0 Å². The van der Waals surface area contributed by atoms with E-state index < -0.39 is 8.32 Å². The van der Waals surface area contributed by atoms with Gasteiger partial charge in [-0.05, 0) is 50.7 Å². The van der Waals surface area contributed by atoms with Gasteiger partial charge in [0, 0.05) is 18.4 Å². The van der Waals surface area contributed by atoms with E-state index in [1.165, 1.54) is 6.42 Å². The Morgan fingerprint density at radius 1 is 1.32 bits per heavy atom. The zero-order chi connectivity index (χ0) is 14.7. The van der Waals surface area contributed by atoms with Crippen molar-refractivity contribution >= 4 is 14.1 Å². The molecule has 1 saturated carbocycles. The van der Waals surface area contributed by atoms with E-state index in [9.17, 15) is 4.79 Å². The lowest BCUT2D eigenvalue weighted by Crippen LogP contribution is -2.43. The second-order valence-electron chi connectivity index (χ2n) is 7.68. The first kappa shape index (κ1) is 16.9.